The fourth-order valence-electron chi connectivity index (χ4n) is 3.21. The molecule has 0 aromatic heterocycles. The van der Waals surface area contributed by atoms with Gasteiger partial charge >= 0.3 is 0 Å². The van der Waals surface area contributed by atoms with E-state index in [2.05, 4.69) is 5.32 Å². The molecule has 1 aliphatic rings. The molecule has 1 fully saturated rings. The third kappa shape index (κ3) is 5.52. The average molecular weight is 435 g/mol. The third-order valence-corrected chi connectivity index (χ3v) is 7.95. The molecule has 29 heavy (non-hydrogen) atoms. The molecule has 1 saturated heterocycles. The predicted molar refractivity (Wildman–Crippen MR) is 115 cm³/mol. The number of hydrogen-bond acceptors (Lipinski definition) is 5. The molecule has 0 spiro atoms. The molecule has 1 heterocycles. The Morgan fingerprint density at radius 1 is 1.10 bits per heavy atom. The number of nitrogens with zero attached hydrogens (tertiary/aromatic N) is 1. The highest BCUT2D eigenvalue weighted by atomic mass is 32.2. The van der Waals surface area contributed by atoms with Crippen LogP contribution in [0.25, 0.3) is 0 Å². The number of piperidine rings is 1. The second-order valence-electron chi connectivity index (χ2n) is 6.94. The van der Waals surface area contributed by atoms with Gasteiger partial charge in [0.1, 0.15) is 5.75 Å². The van der Waals surface area contributed by atoms with E-state index in [9.17, 15) is 13.2 Å². The van der Waals surface area contributed by atoms with Crippen LogP contribution in [0.2, 0.25) is 0 Å². The quantitative estimate of drug-likeness (QED) is 0.678. The highest BCUT2D eigenvalue weighted by molar-refractivity contribution is 8.00. The largest absolute Gasteiger partial charge is 0.497 e. The molecule has 1 atom stereocenters. The van der Waals surface area contributed by atoms with Gasteiger partial charge in [0.05, 0.1) is 17.3 Å². The first-order chi connectivity index (χ1) is 13.9. The fraction of sp³-hybridized carbons (Fsp3) is 0.381. The Balaban J connectivity index is 1.52. The lowest BCUT2D eigenvalue weighted by molar-refractivity contribution is -0.121. The molecule has 0 radical (unpaired) electrons. The molecule has 0 aliphatic carbocycles. The van der Waals surface area contributed by atoms with Crippen LogP contribution in [0.5, 0.6) is 5.75 Å². The van der Waals surface area contributed by atoms with E-state index in [0.29, 0.717) is 31.7 Å². The van der Waals surface area contributed by atoms with Crippen molar-refractivity contribution in [2.45, 2.75) is 40.8 Å². The normalized spacial score (nSPS) is 16.9. The molecular formula is C21H26N2O4S2. The van der Waals surface area contributed by atoms with Crippen molar-refractivity contribution in [2.24, 2.45) is 0 Å². The van der Waals surface area contributed by atoms with E-state index in [-0.39, 0.29) is 22.1 Å². The van der Waals surface area contributed by atoms with Crippen molar-refractivity contribution in [1.82, 2.24) is 9.62 Å². The molecule has 2 aromatic carbocycles. The van der Waals surface area contributed by atoms with Gasteiger partial charge in [0.2, 0.25) is 15.9 Å². The number of methoxy groups -OCH3 is 1. The number of carbonyl (C=O) groups excluding carboxylic acids is 1. The second kappa shape index (κ2) is 9.65. The van der Waals surface area contributed by atoms with Crippen LogP contribution in [0.3, 0.4) is 0 Å². The van der Waals surface area contributed by atoms with Gasteiger partial charge in [-0.1, -0.05) is 18.2 Å². The Morgan fingerprint density at radius 2 is 1.72 bits per heavy atom. The molecule has 6 nitrogen and oxygen atoms in total. The van der Waals surface area contributed by atoms with Gasteiger partial charge in [0.25, 0.3) is 0 Å². The number of ether oxygens (including phenoxy) is 1. The maximum absolute atomic E-state index is 12.8. The summed E-state index contributed by atoms with van der Waals surface area (Å²) in [5, 5.41) is 2.86. The molecule has 0 saturated carbocycles. The lowest BCUT2D eigenvalue weighted by Crippen LogP contribution is -2.48. The minimum absolute atomic E-state index is 0.0105. The minimum Gasteiger partial charge on any atom is -0.497 e. The van der Waals surface area contributed by atoms with Crippen molar-refractivity contribution < 1.29 is 17.9 Å². The average Bonchev–Trinajstić information content (AvgIpc) is 2.75. The van der Waals surface area contributed by atoms with Gasteiger partial charge < -0.3 is 10.1 Å². The zero-order chi connectivity index (χ0) is 20.9. The summed E-state index contributed by atoms with van der Waals surface area (Å²) >= 11 is 1.52. The highest BCUT2D eigenvalue weighted by Gasteiger charge is 2.30. The van der Waals surface area contributed by atoms with Crippen LogP contribution in [0.15, 0.2) is 64.4 Å². The molecular weight excluding hydrogens is 408 g/mol. The molecule has 8 heteroatoms. The summed E-state index contributed by atoms with van der Waals surface area (Å²) in [5.74, 6) is 0.600. The van der Waals surface area contributed by atoms with Crippen LogP contribution in [0.4, 0.5) is 0 Å². The standard InChI is InChI=1S/C21H26N2O4S2/c1-16(28-19-6-4-3-5-7-19)21(24)22-17-12-14-23(15-13-17)29(25,26)20-10-8-18(27-2)9-11-20/h3-11,16-17H,12-15H2,1-2H3,(H,22,24). The van der Waals surface area contributed by atoms with Crippen LogP contribution in [-0.2, 0) is 14.8 Å². The number of benzene rings is 2. The van der Waals surface area contributed by atoms with Crippen molar-refractivity contribution in [3.05, 3.63) is 54.6 Å². The molecule has 1 N–H and O–H groups in total. The fourth-order valence-corrected chi connectivity index (χ4v) is 5.58. The van der Waals surface area contributed by atoms with Crippen LogP contribution in [0, 0.1) is 0 Å². The van der Waals surface area contributed by atoms with E-state index in [4.69, 9.17) is 4.74 Å². The third-order valence-electron chi connectivity index (χ3n) is 4.92. The number of hydrogen-bond donors (Lipinski definition) is 1. The summed E-state index contributed by atoms with van der Waals surface area (Å²) < 4.78 is 32.2. The van der Waals surface area contributed by atoms with Gasteiger partial charge in [-0.25, -0.2) is 8.42 Å². The Labute approximate surface area is 176 Å². The van der Waals surface area contributed by atoms with Crippen molar-refractivity contribution in [2.75, 3.05) is 20.2 Å². The Hall–Kier alpha value is -2.03. The first-order valence-electron chi connectivity index (χ1n) is 9.56. The van der Waals surface area contributed by atoms with Gasteiger partial charge in [-0.3, -0.25) is 4.79 Å². The highest BCUT2D eigenvalue weighted by Crippen LogP contribution is 2.25. The molecule has 3 rings (SSSR count). The lowest BCUT2D eigenvalue weighted by atomic mass is 10.1. The van der Waals surface area contributed by atoms with Gasteiger partial charge in [0.15, 0.2) is 0 Å². The first kappa shape index (κ1) is 21.7. The molecule has 2 aromatic rings. The van der Waals surface area contributed by atoms with Crippen molar-refractivity contribution in [3.8, 4) is 5.75 Å². The first-order valence-corrected chi connectivity index (χ1v) is 11.9. The number of carbonyl (C=O) groups is 1. The van der Waals surface area contributed by atoms with Gasteiger partial charge in [-0.05, 0) is 56.2 Å². The van der Waals surface area contributed by atoms with Gasteiger partial charge in [0, 0.05) is 24.0 Å². The van der Waals surface area contributed by atoms with E-state index >= 15 is 0 Å². The summed E-state index contributed by atoms with van der Waals surface area (Å²) in [6, 6.07) is 16.2. The molecule has 1 unspecified atom stereocenters. The zero-order valence-electron chi connectivity index (χ0n) is 16.6. The number of nitrogens with one attached hydrogen (secondary N) is 1. The van der Waals surface area contributed by atoms with Crippen LogP contribution in [-0.4, -0.2) is 50.1 Å². The second-order valence-corrected chi connectivity index (χ2v) is 10.3. The van der Waals surface area contributed by atoms with Crippen molar-refractivity contribution >= 4 is 27.7 Å². The van der Waals surface area contributed by atoms with E-state index < -0.39 is 10.0 Å². The van der Waals surface area contributed by atoms with Crippen molar-refractivity contribution in [3.63, 3.8) is 0 Å². The van der Waals surface area contributed by atoms with E-state index in [1.807, 2.05) is 37.3 Å². The smallest absolute Gasteiger partial charge is 0.243 e. The summed E-state index contributed by atoms with van der Waals surface area (Å²) in [7, 11) is -1.99. The van der Waals surface area contributed by atoms with E-state index in [1.54, 1.807) is 31.4 Å². The summed E-state index contributed by atoms with van der Waals surface area (Å²) in [4.78, 5) is 13.8. The molecule has 1 amide bonds. The maximum Gasteiger partial charge on any atom is 0.243 e. The Kier molecular flexibility index (Phi) is 7.21. The summed E-state index contributed by atoms with van der Waals surface area (Å²) in [6.07, 6.45) is 1.20. The van der Waals surface area contributed by atoms with Gasteiger partial charge in [-0.15, -0.1) is 11.8 Å². The molecule has 1 aliphatic heterocycles. The summed E-state index contributed by atoms with van der Waals surface area (Å²) in [5.41, 5.74) is 0. The topological polar surface area (TPSA) is 75.7 Å². The Morgan fingerprint density at radius 3 is 2.31 bits per heavy atom. The van der Waals surface area contributed by atoms with E-state index in [1.165, 1.54) is 16.1 Å². The Bertz CT molecular complexity index is 909. The van der Waals surface area contributed by atoms with Crippen LogP contribution < -0.4 is 10.1 Å². The van der Waals surface area contributed by atoms with E-state index in [0.717, 1.165) is 4.90 Å². The predicted octanol–water partition coefficient (Wildman–Crippen LogP) is 3.15. The zero-order valence-corrected chi connectivity index (χ0v) is 18.2. The lowest BCUT2D eigenvalue weighted by Gasteiger charge is -2.32. The number of amides is 1. The molecule has 0 bridgehead atoms. The number of sulfonamides is 1. The molecule has 156 valence electrons. The number of thioether (sulfide) groups is 1. The SMILES string of the molecule is COc1ccc(S(=O)(=O)N2CCC(NC(=O)C(C)Sc3ccccc3)CC2)cc1. The van der Waals surface area contributed by atoms with Crippen LogP contribution in [0.1, 0.15) is 19.8 Å². The maximum atomic E-state index is 12.8. The summed E-state index contributed by atoms with van der Waals surface area (Å²) in [6.45, 7) is 2.66. The monoisotopic (exact) mass is 434 g/mol. The van der Waals surface area contributed by atoms with Crippen molar-refractivity contribution in [1.29, 1.82) is 0 Å². The van der Waals surface area contributed by atoms with Gasteiger partial charge in [-0.2, -0.15) is 4.31 Å². The number of rotatable bonds is 7. The van der Waals surface area contributed by atoms with Crippen LogP contribution >= 0.6 is 11.8 Å². The minimum atomic E-state index is -3.53.